The van der Waals surface area contributed by atoms with Crippen LogP contribution in [0.1, 0.15) is 38.5 Å². The summed E-state index contributed by atoms with van der Waals surface area (Å²) in [6, 6.07) is 0.114. The highest BCUT2D eigenvalue weighted by molar-refractivity contribution is 7.98. The van der Waals surface area contributed by atoms with Gasteiger partial charge in [0.05, 0.1) is 6.04 Å². The van der Waals surface area contributed by atoms with Gasteiger partial charge in [-0.2, -0.15) is 11.8 Å². The quantitative estimate of drug-likeness (QED) is 0.811. The van der Waals surface area contributed by atoms with Crippen LogP contribution in [0.15, 0.2) is 0 Å². The third-order valence-electron chi connectivity index (χ3n) is 5.73. The summed E-state index contributed by atoms with van der Waals surface area (Å²) >= 11 is 1.75. The fourth-order valence-electron chi connectivity index (χ4n) is 4.90. The van der Waals surface area contributed by atoms with Crippen molar-refractivity contribution in [3.8, 4) is 0 Å². The van der Waals surface area contributed by atoms with Crippen molar-refractivity contribution in [3.63, 3.8) is 0 Å². The summed E-state index contributed by atoms with van der Waals surface area (Å²) in [4.78, 5) is 12.1. The second kappa shape index (κ2) is 5.65. The molecule has 0 spiro atoms. The van der Waals surface area contributed by atoms with Crippen LogP contribution >= 0.6 is 11.8 Å². The average Bonchev–Trinajstić information content (AvgIpc) is 3.06. The number of carbonyl (C=O) groups excluding carboxylic acids is 1. The molecule has 4 heteroatoms. The highest BCUT2D eigenvalue weighted by Crippen LogP contribution is 2.58. The molecule has 0 radical (unpaired) electrons. The Bertz CT molecular complexity index is 349. The molecule has 0 saturated heterocycles. The second-order valence-electron chi connectivity index (χ2n) is 6.66. The minimum absolute atomic E-state index is 0.0844. The van der Waals surface area contributed by atoms with Crippen LogP contribution in [0.25, 0.3) is 0 Å². The van der Waals surface area contributed by atoms with Gasteiger partial charge in [0.15, 0.2) is 0 Å². The molecule has 5 unspecified atom stereocenters. The van der Waals surface area contributed by atoms with E-state index >= 15 is 0 Å². The van der Waals surface area contributed by atoms with Gasteiger partial charge in [0.1, 0.15) is 0 Å². The number of amides is 1. The molecule has 3 aliphatic rings. The molecule has 0 aromatic heterocycles. The molecular weight excluding hydrogens is 256 g/mol. The first kappa shape index (κ1) is 13.7. The number of thioether (sulfide) groups is 1. The van der Waals surface area contributed by atoms with Crippen LogP contribution in [0, 0.1) is 23.7 Å². The van der Waals surface area contributed by atoms with Crippen LogP contribution in [-0.4, -0.2) is 30.0 Å². The minimum atomic E-state index is -0.314. The topological polar surface area (TPSA) is 55.1 Å². The van der Waals surface area contributed by atoms with E-state index in [0.29, 0.717) is 6.04 Å². The normalized spacial score (nSPS) is 41.3. The number of rotatable bonds is 5. The molecule has 3 N–H and O–H groups in total. The smallest absolute Gasteiger partial charge is 0.237 e. The van der Waals surface area contributed by atoms with E-state index in [2.05, 4.69) is 11.6 Å². The van der Waals surface area contributed by atoms with Gasteiger partial charge in [-0.25, -0.2) is 0 Å². The molecule has 19 heavy (non-hydrogen) atoms. The lowest BCUT2D eigenvalue weighted by Gasteiger charge is -2.32. The Kier molecular flexibility index (Phi) is 4.08. The minimum Gasteiger partial charge on any atom is -0.352 e. The maximum atomic E-state index is 12.1. The van der Waals surface area contributed by atoms with E-state index < -0.39 is 0 Å². The van der Waals surface area contributed by atoms with Crippen LogP contribution in [0.2, 0.25) is 0 Å². The average molecular weight is 282 g/mol. The standard InChI is InChI=1S/C15H26N2OS/c1-19-6-5-13(16)15(18)17-14-8-9-7-12(14)11-4-2-3-10(9)11/h9-14H,2-8,16H2,1H3,(H,17,18)/t9?,10?,11?,12?,13-,14?/m0/s1. The molecule has 3 aliphatic carbocycles. The Morgan fingerprint density at radius 1 is 1.32 bits per heavy atom. The van der Waals surface area contributed by atoms with E-state index in [1.807, 2.05) is 0 Å². The Hall–Kier alpha value is -0.220. The maximum Gasteiger partial charge on any atom is 0.237 e. The zero-order valence-corrected chi connectivity index (χ0v) is 12.6. The van der Waals surface area contributed by atoms with Crippen LogP contribution < -0.4 is 11.1 Å². The molecule has 3 fully saturated rings. The first-order chi connectivity index (χ1) is 9.20. The van der Waals surface area contributed by atoms with Gasteiger partial charge in [-0.3, -0.25) is 4.79 Å². The van der Waals surface area contributed by atoms with E-state index in [4.69, 9.17) is 5.73 Å². The summed E-state index contributed by atoms with van der Waals surface area (Å²) < 4.78 is 0. The van der Waals surface area contributed by atoms with Crippen molar-refractivity contribution in [2.24, 2.45) is 29.4 Å². The maximum absolute atomic E-state index is 12.1. The summed E-state index contributed by atoms with van der Waals surface area (Å²) in [6.07, 6.45) is 9.68. The van der Waals surface area contributed by atoms with Gasteiger partial charge < -0.3 is 11.1 Å². The molecule has 3 rings (SSSR count). The van der Waals surface area contributed by atoms with Crippen molar-refractivity contribution >= 4 is 17.7 Å². The van der Waals surface area contributed by atoms with Gasteiger partial charge >= 0.3 is 0 Å². The predicted molar refractivity (Wildman–Crippen MR) is 80.0 cm³/mol. The number of hydrogen-bond donors (Lipinski definition) is 2. The summed E-state index contributed by atoms with van der Waals surface area (Å²) in [5, 5.41) is 3.26. The van der Waals surface area contributed by atoms with E-state index in [1.54, 1.807) is 11.8 Å². The van der Waals surface area contributed by atoms with Crippen molar-refractivity contribution < 1.29 is 4.79 Å². The number of fused-ring (bicyclic) bond motifs is 5. The van der Waals surface area contributed by atoms with Crippen molar-refractivity contribution in [1.29, 1.82) is 0 Å². The lowest BCUT2D eigenvalue weighted by molar-refractivity contribution is -0.123. The first-order valence-corrected chi connectivity index (χ1v) is 9.15. The molecular formula is C15H26N2OS. The van der Waals surface area contributed by atoms with E-state index in [1.165, 1.54) is 32.1 Å². The van der Waals surface area contributed by atoms with Gasteiger partial charge in [-0.05, 0) is 67.8 Å². The first-order valence-electron chi connectivity index (χ1n) is 7.75. The number of nitrogens with one attached hydrogen (secondary N) is 1. The van der Waals surface area contributed by atoms with Crippen molar-refractivity contribution in [2.45, 2.75) is 50.6 Å². The Morgan fingerprint density at radius 2 is 2.11 bits per heavy atom. The number of carbonyl (C=O) groups is 1. The highest BCUT2D eigenvalue weighted by atomic mass is 32.2. The fourth-order valence-corrected chi connectivity index (χ4v) is 5.39. The summed E-state index contributed by atoms with van der Waals surface area (Å²) in [5.41, 5.74) is 5.96. The number of hydrogen-bond acceptors (Lipinski definition) is 3. The van der Waals surface area contributed by atoms with Gasteiger partial charge in [-0.1, -0.05) is 6.42 Å². The molecule has 3 nitrogen and oxygen atoms in total. The van der Waals surface area contributed by atoms with Crippen LogP contribution in [0.3, 0.4) is 0 Å². The van der Waals surface area contributed by atoms with Gasteiger partial charge in [-0.15, -0.1) is 0 Å². The SMILES string of the molecule is CSCC[C@H](N)C(=O)NC1CC2CC1C1CCCC21. The Morgan fingerprint density at radius 3 is 2.89 bits per heavy atom. The monoisotopic (exact) mass is 282 g/mol. The zero-order valence-electron chi connectivity index (χ0n) is 11.8. The lowest BCUT2D eigenvalue weighted by Crippen LogP contribution is -2.49. The lowest BCUT2D eigenvalue weighted by atomic mass is 9.79. The van der Waals surface area contributed by atoms with E-state index in [-0.39, 0.29) is 11.9 Å². The largest absolute Gasteiger partial charge is 0.352 e. The fraction of sp³-hybridized carbons (Fsp3) is 0.933. The molecule has 2 bridgehead atoms. The van der Waals surface area contributed by atoms with Gasteiger partial charge in [0.25, 0.3) is 0 Å². The van der Waals surface area contributed by atoms with E-state index in [0.717, 1.165) is 35.8 Å². The predicted octanol–water partition coefficient (Wildman–Crippen LogP) is 2.01. The number of nitrogens with two attached hydrogens (primary N) is 1. The van der Waals surface area contributed by atoms with Crippen molar-refractivity contribution in [3.05, 3.63) is 0 Å². The molecule has 0 heterocycles. The Labute approximate surface area is 120 Å². The third-order valence-corrected chi connectivity index (χ3v) is 6.37. The van der Waals surface area contributed by atoms with Gasteiger partial charge in [0.2, 0.25) is 5.91 Å². The zero-order chi connectivity index (χ0) is 13.4. The molecule has 1 amide bonds. The van der Waals surface area contributed by atoms with Crippen molar-refractivity contribution in [1.82, 2.24) is 5.32 Å². The molecule has 0 aromatic rings. The van der Waals surface area contributed by atoms with Crippen molar-refractivity contribution in [2.75, 3.05) is 12.0 Å². The summed E-state index contributed by atoms with van der Waals surface area (Å²) in [6.45, 7) is 0. The molecule has 108 valence electrons. The van der Waals surface area contributed by atoms with E-state index in [9.17, 15) is 4.79 Å². The molecule has 3 saturated carbocycles. The molecule has 0 aliphatic heterocycles. The molecule has 6 atom stereocenters. The second-order valence-corrected chi connectivity index (χ2v) is 7.64. The summed E-state index contributed by atoms with van der Waals surface area (Å²) in [5.74, 6) is 4.60. The summed E-state index contributed by atoms with van der Waals surface area (Å²) in [7, 11) is 0. The Balaban J connectivity index is 1.53. The van der Waals surface area contributed by atoms with Gasteiger partial charge in [0, 0.05) is 6.04 Å². The van der Waals surface area contributed by atoms with Crippen LogP contribution in [0.5, 0.6) is 0 Å². The highest BCUT2D eigenvalue weighted by Gasteiger charge is 2.54. The molecule has 0 aromatic carbocycles. The van der Waals surface area contributed by atoms with Crippen LogP contribution in [0.4, 0.5) is 0 Å². The van der Waals surface area contributed by atoms with Crippen LogP contribution in [-0.2, 0) is 4.79 Å². The third kappa shape index (κ3) is 2.54.